The van der Waals surface area contributed by atoms with Crippen molar-refractivity contribution in [2.45, 2.75) is 0 Å². The molecule has 0 saturated heterocycles. The molecule has 0 aliphatic carbocycles. The molecule has 0 unspecified atom stereocenters. The molecule has 0 saturated carbocycles. The molecular weight excluding hydrogens is 186 g/mol. The van der Waals surface area contributed by atoms with E-state index in [-0.39, 0.29) is 25.0 Å². The summed E-state index contributed by atoms with van der Waals surface area (Å²) in [5, 5.41) is 2.60. The maximum absolute atomic E-state index is 11.1. The number of amides is 1. The van der Waals surface area contributed by atoms with Crippen molar-refractivity contribution in [2.75, 3.05) is 40.3 Å². The third-order valence-electron chi connectivity index (χ3n) is 1.51. The second-order valence-electron chi connectivity index (χ2n) is 2.89. The number of carbonyl (C=O) groups excluding carboxylic acids is 2. The molecular formula is C8H17N3O3. The van der Waals surface area contributed by atoms with E-state index in [1.54, 1.807) is 11.9 Å². The van der Waals surface area contributed by atoms with Crippen LogP contribution < -0.4 is 11.1 Å². The van der Waals surface area contributed by atoms with Gasteiger partial charge in [0.1, 0.15) is 0 Å². The van der Waals surface area contributed by atoms with Gasteiger partial charge in [-0.1, -0.05) is 0 Å². The largest absolute Gasteiger partial charge is 0.468 e. The first kappa shape index (κ1) is 12.9. The van der Waals surface area contributed by atoms with Crippen LogP contribution in [0.5, 0.6) is 0 Å². The van der Waals surface area contributed by atoms with E-state index in [2.05, 4.69) is 10.1 Å². The fraction of sp³-hybridized carbons (Fsp3) is 0.750. The fourth-order valence-electron chi connectivity index (χ4n) is 0.853. The van der Waals surface area contributed by atoms with Crippen molar-refractivity contribution in [3.8, 4) is 0 Å². The second kappa shape index (κ2) is 7.28. The Balaban J connectivity index is 3.65. The third kappa shape index (κ3) is 6.38. The molecule has 0 spiro atoms. The summed E-state index contributed by atoms with van der Waals surface area (Å²) in [6.07, 6.45) is 0. The summed E-state index contributed by atoms with van der Waals surface area (Å²) < 4.78 is 4.45. The number of esters is 1. The lowest BCUT2D eigenvalue weighted by Gasteiger charge is -2.14. The second-order valence-corrected chi connectivity index (χ2v) is 2.89. The van der Waals surface area contributed by atoms with Gasteiger partial charge in [-0.25, -0.2) is 0 Å². The highest BCUT2D eigenvalue weighted by Crippen LogP contribution is 1.83. The van der Waals surface area contributed by atoms with E-state index in [0.29, 0.717) is 13.1 Å². The molecule has 0 rings (SSSR count). The molecule has 82 valence electrons. The lowest BCUT2D eigenvalue weighted by Crippen LogP contribution is -2.39. The highest BCUT2D eigenvalue weighted by Gasteiger charge is 2.09. The summed E-state index contributed by atoms with van der Waals surface area (Å²) in [5.74, 6) is -0.513. The minimum Gasteiger partial charge on any atom is -0.468 e. The average molecular weight is 203 g/mol. The van der Waals surface area contributed by atoms with Crippen molar-refractivity contribution in [3.63, 3.8) is 0 Å². The molecule has 6 nitrogen and oxygen atoms in total. The van der Waals surface area contributed by atoms with E-state index in [0.717, 1.165) is 0 Å². The SMILES string of the molecule is COC(=O)CN(C)CC(=O)NCCN. The minimum absolute atomic E-state index is 0.104. The van der Waals surface area contributed by atoms with Crippen LogP contribution in [0.2, 0.25) is 0 Å². The van der Waals surface area contributed by atoms with Crippen molar-refractivity contribution in [1.29, 1.82) is 0 Å². The number of nitrogens with two attached hydrogens (primary N) is 1. The molecule has 0 aromatic heterocycles. The van der Waals surface area contributed by atoms with Gasteiger partial charge in [0, 0.05) is 13.1 Å². The van der Waals surface area contributed by atoms with Crippen LogP contribution in [0.4, 0.5) is 0 Å². The molecule has 0 heterocycles. The van der Waals surface area contributed by atoms with E-state index in [9.17, 15) is 9.59 Å². The van der Waals surface area contributed by atoms with Gasteiger partial charge in [-0.2, -0.15) is 0 Å². The van der Waals surface area contributed by atoms with Crippen molar-refractivity contribution in [3.05, 3.63) is 0 Å². The predicted molar refractivity (Wildman–Crippen MR) is 51.6 cm³/mol. The van der Waals surface area contributed by atoms with Crippen LogP contribution in [0.1, 0.15) is 0 Å². The van der Waals surface area contributed by atoms with Gasteiger partial charge in [0.15, 0.2) is 0 Å². The Hall–Kier alpha value is -1.14. The van der Waals surface area contributed by atoms with Crippen LogP contribution in [-0.2, 0) is 14.3 Å². The van der Waals surface area contributed by atoms with E-state index in [1.165, 1.54) is 7.11 Å². The quantitative estimate of drug-likeness (QED) is 0.496. The first-order chi connectivity index (χ1) is 6.60. The number of ether oxygens (including phenoxy) is 1. The molecule has 0 aromatic rings. The maximum Gasteiger partial charge on any atom is 0.319 e. The molecule has 0 fully saturated rings. The Morgan fingerprint density at radius 3 is 2.57 bits per heavy atom. The predicted octanol–water partition coefficient (Wildman–Crippen LogP) is -1.83. The zero-order valence-corrected chi connectivity index (χ0v) is 8.58. The Morgan fingerprint density at radius 2 is 2.07 bits per heavy atom. The number of hydrogen-bond donors (Lipinski definition) is 2. The minimum atomic E-state index is -0.362. The normalized spacial score (nSPS) is 10.0. The van der Waals surface area contributed by atoms with Crippen molar-refractivity contribution in [1.82, 2.24) is 10.2 Å². The highest BCUT2D eigenvalue weighted by molar-refractivity contribution is 5.79. The summed E-state index contributed by atoms with van der Waals surface area (Å²) in [6.45, 7) is 1.12. The van der Waals surface area contributed by atoms with Gasteiger partial charge in [0.2, 0.25) is 5.91 Å². The maximum atomic E-state index is 11.1. The number of methoxy groups -OCH3 is 1. The first-order valence-electron chi connectivity index (χ1n) is 4.32. The number of rotatable bonds is 6. The molecule has 0 atom stereocenters. The van der Waals surface area contributed by atoms with Crippen LogP contribution >= 0.6 is 0 Å². The van der Waals surface area contributed by atoms with Crippen LogP contribution in [0.3, 0.4) is 0 Å². The Morgan fingerprint density at radius 1 is 1.43 bits per heavy atom. The number of carbonyl (C=O) groups is 2. The molecule has 0 aromatic carbocycles. The highest BCUT2D eigenvalue weighted by atomic mass is 16.5. The van der Waals surface area contributed by atoms with Crippen molar-refractivity contribution >= 4 is 11.9 Å². The number of nitrogens with zero attached hydrogens (tertiary/aromatic N) is 1. The van der Waals surface area contributed by atoms with Crippen LogP contribution in [0.25, 0.3) is 0 Å². The lowest BCUT2D eigenvalue weighted by molar-refractivity contribution is -0.141. The van der Waals surface area contributed by atoms with Crippen molar-refractivity contribution in [2.24, 2.45) is 5.73 Å². The Labute approximate surface area is 83.4 Å². The van der Waals surface area contributed by atoms with E-state index in [4.69, 9.17) is 5.73 Å². The first-order valence-corrected chi connectivity index (χ1v) is 4.32. The number of nitrogens with one attached hydrogen (secondary N) is 1. The summed E-state index contributed by atoms with van der Waals surface area (Å²) in [7, 11) is 2.98. The monoisotopic (exact) mass is 203 g/mol. The Kier molecular flexibility index (Phi) is 6.69. The molecule has 6 heteroatoms. The topological polar surface area (TPSA) is 84.7 Å². The molecule has 0 aliphatic rings. The average Bonchev–Trinajstić information content (AvgIpc) is 2.14. The van der Waals surface area contributed by atoms with Gasteiger partial charge in [-0.3, -0.25) is 14.5 Å². The zero-order chi connectivity index (χ0) is 11.0. The molecule has 14 heavy (non-hydrogen) atoms. The summed E-state index contributed by atoms with van der Waals surface area (Å²) >= 11 is 0. The van der Waals surface area contributed by atoms with Gasteiger partial charge in [0.05, 0.1) is 20.2 Å². The summed E-state index contributed by atoms with van der Waals surface area (Å²) in [4.78, 5) is 23.5. The molecule has 3 N–H and O–H groups in total. The van der Waals surface area contributed by atoms with Crippen LogP contribution in [-0.4, -0.2) is 57.1 Å². The summed E-state index contributed by atoms with van der Waals surface area (Å²) in [6, 6.07) is 0. The number of hydrogen-bond acceptors (Lipinski definition) is 5. The third-order valence-corrected chi connectivity index (χ3v) is 1.51. The molecule has 0 aliphatic heterocycles. The van der Waals surface area contributed by atoms with Gasteiger partial charge in [-0.15, -0.1) is 0 Å². The van der Waals surface area contributed by atoms with Crippen LogP contribution in [0.15, 0.2) is 0 Å². The number of likely N-dealkylation sites (N-methyl/N-ethyl adjacent to an activating group) is 1. The molecule has 1 amide bonds. The van der Waals surface area contributed by atoms with Crippen molar-refractivity contribution < 1.29 is 14.3 Å². The van der Waals surface area contributed by atoms with Gasteiger partial charge in [0.25, 0.3) is 0 Å². The molecule has 0 radical (unpaired) electrons. The lowest BCUT2D eigenvalue weighted by atomic mass is 10.4. The van der Waals surface area contributed by atoms with Gasteiger partial charge >= 0.3 is 5.97 Å². The van der Waals surface area contributed by atoms with Gasteiger partial charge in [-0.05, 0) is 7.05 Å². The van der Waals surface area contributed by atoms with Crippen LogP contribution in [0, 0.1) is 0 Å². The van der Waals surface area contributed by atoms with E-state index >= 15 is 0 Å². The fourth-order valence-corrected chi connectivity index (χ4v) is 0.853. The summed E-state index contributed by atoms with van der Waals surface area (Å²) in [5.41, 5.74) is 5.21. The Bertz CT molecular complexity index is 196. The smallest absolute Gasteiger partial charge is 0.319 e. The molecule has 0 bridgehead atoms. The van der Waals surface area contributed by atoms with Gasteiger partial charge < -0.3 is 15.8 Å². The van der Waals surface area contributed by atoms with E-state index < -0.39 is 0 Å². The zero-order valence-electron chi connectivity index (χ0n) is 8.58. The standard InChI is InChI=1S/C8H17N3O3/c1-11(6-8(13)14-2)5-7(12)10-4-3-9/h3-6,9H2,1-2H3,(H,10,12). The van der Waals surface area contributed by atoms with E-state index in [1.807, 2.05) is 0 Å².